The van der Waals surface area contributed by atoms with Gasteiger partial charge in [-0.2, -0.15) is 0 Å². The Morgan fingerprint density at radius 3 is 2.94 bits per heavy atom. The van der Waals surface area contributed by atoms with E-state index in [0.29, 0.717) is 5.92 Å². The highest BCUT2D eigenvalue weighted by molar-refractivity contribution is 9.10. The third kappa shape index (κ3) is 2.07. The lowest BCUT2D eigenvalue weighted by Crippen LogP contribution is -2.23. The van der Waals surface area contributed by atoms with Gasteiger partial charge in [0.1, 0.15) is 4.60 Å². The van der Waals surface area contributed by atoms with Crippen LogP contribution in [0.25, 0.3) is 0 Å². The van der Waals surface area contributed by atoms with Crippen LogP contribution in [-0.2, 0) is 6.42 Å². The van der Waals surface area contributed by atoms with Crippen molar-refractivity contribution in [3.05, 3.63) is 58.3 Å². The Balaban J connectivity index is 1.66. The molecule has 86 valence electrons. The quantitative estimate of drug-likeness (QED) is 0.806. The monoisotopic (exact) mass is 289 g/mol. The molecule has 0 saturated heterocycles. The molecular weight excluding hydrogens is 278 g/mol. The fourth-order valence-electron chi connectivity index (χ4n) is 2.18. The maximum atomic E-state index is 5.79. The van der Waals surface area contributed by atoms with Crippen molar-refractivity contribution in [2.45, 2.75) is 12.3 Å². The molecule has 1 atom stereocenters. The van der Waals surface area contributed by atoms with E-state index in [4.69, 9.17) is 4.74 Å². The first kappa shape index (κ1) is 10.8. The maximum Gasteiger partial charge on any atom is 0.152 e. The summed E-state index contributed by atoms with van der Waals surface area (Å²) in [5, 5.41) is 0. The minimum atomic E-state index is 0.526. The van der Waals surface area contributed by atoms with Gasteiger partial charge >= 0.3 is 0 Å². The molecule has 1 aliphatic rings. The minimum Gasteiger partial charge on any atom is -0.490 e. The van der Waals surface area contributed by atoms with Crippen LogP contribution in [-0.4, -0.2) is 11.6 Å². The van der Waals surface area contributed by atoms with Crippen LogP contribution in [0.2, 0.25) is 0 Å². The third-order valence-electron chi connectivity index (χ3n) is 3.13. The van der Waals surface area contributed by atoms with E-state index in [0.717, 1.165) is 23.4 Å². The molecule has 1 aliphatic carbocycles. The number of aromatic nitrogens is 1. The molecule has 3 heteroatoms. The number of pyridine rings is 1. The average molecular weight is 290 g/mol. The van der Waals surface area contributed by atoms with Gasteiger partial charge in [0.05, 0.1) is 6.61 Å². The molecule has 2 nitrogen and oxygen atoms in total. The highest BCUT2D eigenvalue weighted by Gasteiger charge is 2.25. The maximum absolute atomic E-state index is 5.79. The molecular formula is C14H12BrNO. The molecule has 0 spiro atoms. The van der Waals surface area contributed by atoms with Crippen molar-refractivity contribution >= 4 is 15.9 Å². The Hall–Kier alpha value is -1.35. The van der Waals surface area contributed by atoms with Gasteiger partial charge in [0.25, 0.3) is 0 Å². The lowest BCUT2D eigenvalue weighted by atomic mass is 9.78. The average Bonchev–Trinajstić information content (AvgIpc) is 2.32. The normalized spacial score (nSPS) is 17.1. The Bertz CT molecular complexity index is 541. The minimum absolute atomic E-state index is 0.526. The van der Waals surface area contributed by atoms with Crippen LogP contribution in [0.1, 0.15) is 17.0 Å². The van der Waals surface area contributed by atoms with Crippen LogP contribution in [0, 0.1) is 0 Å². The molecule has 0 radical (unpaired) electrons. The van der Waals surface area contributed by atoms with E-state index < -0.39 is 0 Å². The molecule has 17 heavy (non-hydrogen) atoms. The highest BCUT2D eigenvalue weighted by atomic mass is 79.9. The first-order valence-electron chi connectivity index (χ1n) is 5.66. The molecule has 2 aromatic rings. The van der Waals surface area contributed by atoms with Crippen molar-refractivity contribution in [2.75, 3.05) is 6.61 Å². The van der Waals surface area contributed by atoms with E-state index >= 15 is 0 Å². The molecule has 1 heterocycles. The van der Waals surface area contributed by atoms with Crippen molar-refractivity contribution in [1.82, 2.24) is 4.98 Å². The van der Waals surface area contributed by atoms with E-state index in [2.05, 4.69) is 45.2 Å². The SMILES string of the molecule is Brc1ncccc1OCC1Cc2ccccc21. The van der Waals surface area contributed by atoms with Crippen molar-refractivity contribution in [1.29, 1.82) is 0 Å². The smallest absolute Gasteiger partial charge is 0.152 e. The second-order valence-corrected chi connectivity index (χ2v) is 4.95. The van der Waals surface area contributed by atoms with Gasteiger partial charge in [-0.25, -0.2) is 4.98 Å². The summed E-state index contributed by atoms with van der Waals surface area (Å²) in [5.74, 6) is 1.34. The van der Waals surface area contributed by atoms with Crippen LogP contribution in [0.5, 0.6) is 5.75 Å². The number of rotatable bonds is 3. The Labute approximate surface area is 109 Å². The molecule has 1 aromatic carbocycles. The second kappa shape index (κ2) is 4.49. The fourth-order valence-corrected chi connectivity index (χ4v) is 2.55. The molecule has 3 rings (SSSR count). The number of hydrogen-bond donors (Lipinski definition) is 0. The van der Waals surface area contributed by atoms with Gasteiger partial charge in [-0.15, -0.1) is 0 Å². The van der Waals surface area contributed by atoms with Crippen LogP contribution in [0.15, 0.2) is 47.2 Å². The number of ether oxygens (including phenoxy) is 1. The summed E-state index contributed by atoms with van der Waals surface area (Å²) in [7, 11) is 0. The predicted molar refractivity (Wildman–Crippen MR) is 70.3 cm³/mol. The largest absolute Gasteiger partial charge is 0.490 e. The highest BCUT2D eigenvalue weighted by Crippen LogP contribution is 2.35. The van der Waals surface area contributed by atoms with Gasteiger partial charge in [0.15, 0.2) is 5.75 Å². The molecule has 0 fully saturated rings. The van der Waals surface area contributed by atoms with Crippen LogP contribution < -0.4 is 4.74 Å². The molecule has 1 unspecified atom stereocenters. The summed E-state index contributed by atoms with van der Waals surface area (Å²) in [4.78, 5) is 4.14. The first-order valence-corrected chi connectivity index (χ1v) is 6.45. The zero-order chi connectivity index (χ0) is 11.7. The van der Waals surface area contributed by atoms with Gasteiger partial charge in [-0.3, -0.25) is 0 Å². The summed E-state index contributed by atoms with van der Waals surface area (Å²) in [5.41, 5.74) is 2.87. The Kier molecular flexibility index (Phi) is 2.85. The molecule has 0 saturated carbocycles. The Morgan fingerprint density at radius 2 is 2.12 bits per heavy atom. The van der Waals surface area contributed by atoms with Gasteiger partial charge in [-0.1, -0.05) is 24.3 Å². The Morgan fingerprint density at radius 1 is 1.24 bits per heavy atom. The number of fused-ring (bicyclic) bond motifs is 1. The second-order valence-electron chi connectivity index (χ2n) is 4.20. The van der Waals surface area contributed by atoms with Crippen molar-refractivity contribution in [3.63, 3.8) is 0 Å². The zero-order valence-corrected chi connectivity index (χ0v) is 10.9. The lowest BCUT2D eigenvalue weighted by molar-refractivity contribution is 0.272. The molecule has 0 bridgehead atoms. The molecule has 0 amide bonds. The van der Waals surface area contributed by atoms with E-state index in [-0.39, 0.29) is 0 Å². The van der Waals surface area contributed by atoms with Crippen LogP contribution >= 0.6 is 15.9 Å². The zero-order valence-electron chi connectivity index (χ0n) is 9.27. The standard InChI is InChI=1S/C14H12BrNO/c15-14-13(6-3-7-16-14)17-9-11-8-10-4-1-2-5-12(10)11/h1-7,11H,8-9H2. The summed E-state index contributed by atoms with van der Waals surface area (Å²) in [6.07, 6.45) is 2.86. The molecule has 0 N–H and O–H groups in total. The predicted octanol–water partition coefficient (Wildman–Crippen LogP) is 3.56. The number of halogens is 1. The molecule has 0 aliphatic heterocycles. The van der Waals surface area contributed by atoms with Crippen molar-refractivity contribution in [3.8, 4) is 5.75 Å². The first-order chi connectivity index (χ1) is 8.34. The molecule has 1 aromatic heterocycles. The summed E-state index contributed by atoms with van der Waals surface area (Å²) >= 11 is 3.38. The van der Waals surface area contributed by atoms with E-state index in [1.54, 1.807) is 6.20 Å². The fraction of sp³-hybridized carbons (Fsp3) is 0.214. The topological polar surface area (TPSA) is 22.1 Å². The van der Waals surface area contributed by atoms with Crippen LogP contribution in [0.4, 0.5) is 0 Å². The van der Waals surface area contributed by atoms with Crippen LogP contribution in [0.3, 0.4) is 0 Å². The van der Waals surface area contributed by atoms with Gasteiger partial charge < -0.3 is 4.74 Å². The third-order valence-corrected chi connectivity index (χ3v) is 3.72. The summed E-state index contributed by atoms with van der Waals surface area (Å²) in [6.45, 7) is 0.724. The van der Waals surface area contributed by atoms with E-state index in [1.165, 1.54) is 11.1 Å². The van der Waals surface area contributed by atoms with Crippen molar-refractivity contribution in [2.24, 2.45) is 0 Å². The van der Waals surface area contributed by atoms with Gasteiger partial charge in [0.2, 0.25) is 0 Å². The summed E-state index contributed by atoms with van der Waals surface area (Å²) < 4.78 is 6.56. The van der Waals surface area contributed by atoms with Gasteiger partial charge in [0, 0.05) is 12.1 Å². The van der Waals surface area contributed by atoms with E-state index in [1.807, 2.05) is 12.1 Å². The van der Waals surface area contributed by atoms with Gasteiger partial charge in [-0.05, 0) is 45.6 Å². The summed E-state index contributed by atoms with van der Waals surface area (Å²) in [6, 6.07) is 12.4. The van der Waals surface area contributed by atoms with Crippen molar-refractivity contribution < 1.29 is 4.74 Å². The van der Waals surface area contributed by atoms with E-state index in [9.17, 15) is 0 Å². The number of hydrogen-bond acceptors (Lipinski definition) is 2. The lowest BCUT2D eigenvalue weighted by Gasteiger charge is -2.29. The number of benzene rings is 1. The number of nitrogens with zero attached hydrogens (tertiary/aromatic N) is 1.